The maximum absolute atomic E-state index is 14.4. The van der Waals surface area contributed by atoms with Crippen molar-refractivity contribution in [1.82, 2.24) is 0 Å². The van der Waals surface area contributed by atoms with Gasteiger partial charge in [0.15, 0.2) is 11.5 Å². The summed E-state index contributed by atoms with van der Waals surface area (Å²) in [7, 11) is 6.20. The van der Waals surface area contributed by atoms with Gasteiger partial charge < -0.3 is 28.6 Å². The van der Waals surface area contributed by atoms with E-state index in [-0.39, 0.29) is 19.1 Å². The smallest absolute Gasteiger partial charge is 0.253 e. The standard InChI is InChI=1S/C26H26FNO6/c1-30-18-10-8-16(23(13-18)32-3)14-28-21-12-17(27)9-11-19(21)25(34-15-24(28)29)20-6-5-7-22(31-2)26(20)33-4/h5-13,25H,14-15H2,1-4H3/t25-/m0/s1. The van der Waals surface area contributed by atoms with Crippen LogP contribution in [0.25, 0.3) is 0 Å². The summed E-state index contributed by atoms with van der Waals surface area (Å²) in [5.41, 5.74) is 2.46. The number of anilines is 1. The van der Waals surface area contributed by atoms with Crippen molar-refractivity contribution in [2.75, 3.05) is 39.9 Å². The minimum atomic E-state index is -0.674. The first kappa shape index (κ1) is 23.4. The predicted octanol–water partition coefficient (Wildman–Crippen LogP) is 4.51. The molecule has 0 N–H and O–H groups in total. The van der Waals surface area contributed by atoms with Gasteiger partial charge in [0.05, 0.1) is 40.7 Å². The number of nitrogens with zero attached hydrogens (tertiary/aromatic N) is 1. The average molecular weight is 467 g/mol. The average Bonchev–Trinajstić information content (AvgIpc) is 2.99. The molecule has 1 atom stereocenters. The first-order valence-corrected chi connectivity index (χ1v) is 10.6. The molecule has 0 bridgehead atoms. The lowest BCUT2D eigenvalue weighted by Gasteiger charge is -2.25. The summed E-state index contributed by atoms with van der Waals surface area (Å²) in [6.45, 7) is -0.0480. The maximum atomic E-state index is 14.4. The highest BCUT2D eigenvalue weighted by Gasteiger charge is 2.32. The molecule has 1 aliphatic rings. The van der Waals surface area contributed by atoms with E-state index in [0.717, 1.165) is 5.56 Å². The van der Waals surface area contributed by atoms with Crippen molar-refractivity contribution in [3.05, 3.63) is 77.1 Å². The Morgan fingerprint density at radius 2 is 1.71 bits per heavy atom. The Morgan fingerprint density at radius 1 is 0.912 bits per heavy atom. The summed E-state index contributed by atoms with van der Waals surface area (Å²) in [5, 5.41) is 0. The molecule has 3 aromatic carbocycles. The molecule has 1 aliphatic heterocycles. The summed E-state index contributed by atoms with van der Waals surface area (Å²) < 4.78 is 42.3. The molecule has 0 fully saturated rings. The maximum Gasteiger partial charge on any atom is 0.253 e. The second-order valence-corrected chi connectivity index (χ2v) is 7.63. The number of benzene rings is 3. The minimum Gasteiger partial charge on any atom is -0.497 e. The lowest BCUT2D eigenvalue weighted by atomic mass is 9.97. The van der Waals surface area contributed by atoms with Crippen LogP contribution in [0.15, 0.2) is 54.6 Å². The molecular formula is C26H26FNO6. The summed E-state index contributed by atoms with van der Waals surface area (Å²) in [6.07, 6.45) is -0.674. The van der Waals surface area contributed by atoms with Crippen LogP contribution >= 0.6 is 0 Å². The molecule has 8 heteroatoms. The SMILES string of the molecule is COc1ccc(CN2C(=O)CO[C@H](c3cccc(OC)c3OC)c3ccc(F)cc32)c(OC)c1. The number of methoxy groups -OCH3 is 4. The van der Waals surface area contributed by atoms with Gasteiger partial charge in [0, 0.05) is 22.8 Å². The summed E-state index contributed by atoms with van der Waals surface area (Å²) >= 11 is 0. The molecule has 34 heavy (non-hydrogen) atoms. The van der Waals surface area contributed by atoms with Gasteiger partial charge in [0.25, 0.3) is 5.91 Å². The van der Waals surface area contributed by atoms with Gasteiger partial charge in [-0.3, -0.25) is 4.79 Å². The molecule has 0 radical (unpaired) electrons. The highest BCUT2D eigenvalue weighted by atomic mass is 19.1. The van der Waals surface area contributed by atoms with Gasteiger partial charge in [0.1, 0.15) is 30.0 Å². The molecule has 0 spiro atoms. The van der Waals surface area contributed by atoms with Crippen LogP contribution < -0.4 is 23.8 Å². The van der Waals surface area contributed by atoms with Crippen molar-refractivity contribution in [2.24, 2.45) is 0 Å². The Bertz CT molecular complexity index is 1200. The zero-order valence-electron chi connectivity index (χ0n) is 19.5. The van der Waals surface area contributed by atoms with Crippen molar-refractivity contribution in [3.63, 3.8) is 0 Å². The largest absolute Gasteiger partial charge is 0.497 e. The number of amides is 1. The highest BCUT2D eigenvalue weighted by molar-refractivity contribution is 5.96. The number of rotatable bonds is 7. The summed E-state index contributed by atoms with van der Waals surface area (Å²) in [6, 6.07) is 15.1. The first-order valence-electron chi connectivity index (χ1n) is 10.6. The number of fused-ring (bicyclic) bond motifs is 1. The Morgan fingerprint density at radius 3 is 2.41 bits per heavy atom. The monoisotopic (exact) mass is 467 g/mol. The van der Waals surface area contributed by atoms with E-state index in [4.69, 9.17) is 23.7 Å². The van der Waals surface area contributed by atoms with Gasteiger partial charge in [-0.1, -0.05) is 18.2 Å². The van der Waals surface area contributed by atoms with Gasteiger partial charge in [-0.05, 0) is 30.3 Å². The molecule has 7 nitrogen and oxygen atoms in total. The topological polar surface area (TPSA) is 66.5 Å². The number of carbonyl (C=O) groups is 1. The Hall–Kier alpha value is -3.78. The van der Waals surface area contributed by atoms with Crippen LogP contribution in [0.5, 0.6) is 23.0 Å². The van der Waals surface area contributed by atoms with Crippen LogP contribution in [0, 0.1) is 5.82 Å². The molecule has 0 aliphatic carbocycles. The quantitative estimate of drug-likeness (QED) is 0.509. The Labute approximate surface area is 197 Å². The van der Waals surface area contributed by atoms with Crippen LogP contribution in [-0.2, 0) is 16.1 Å². The fourth-order valence-corrected chi connectivity index (χ4v) is 4.13. The fraction of sp³-hybridized carbons (Fsp3) is 0.269. The molecular weight excluding hydrogens is 441 g/mol. The van der Waals surface area contributed by atoms with Crippen LogP contribution in [0.3, 0.4) is 0 Å². The third kappa shape index (κ3) is 4.36. The third-order valence-electron chi connectivity index (χ3n) is 5.78. The van der Waals surface area contributed by atoms with E-state index in [2.05, 4.69) is 0 Å². The lowest BCUT2D eigenvalue weighted by molar-refractivity contribution is -0.124. The molecule has 3 aromatic rings. The fourth-order valence-electron chi connectivity index (χ4n) is 4.13. The minimum absolute atomic E-state index is 0.160. The molecule has 4 rings (SSSR count). The van der Waals surface area contributed by atoms with Crippen molar-refractivity contribution >= 4 is 11.6 Å². The van der Waals surface area contributed by atoms with E-state index in [0.29, 0.717) is 39.8 Å². The van der Waals surface area contributed by atoms with Gasteiger partial charge >= 0.3 is 0 Å². The number of carbonyl (C=O) groups excluding carboxylic acids is 1. The number of ether oxygens (including phenoxy) is 5. The zero-order chi connectivity index (χ0) is 24.2. The predicted molar refractivity (Wildman–Crippen MR) is 124 cm³/mol. The zero-order valence-corrected chi connectivity index (χ0v) is 19.5. The molecule has 1 amide bonds. The number of halogens is 1. The molecule has 0 saturated carbocycles. The van der Waals surface area contributed by atoms with E-state index < -0.39 is 11.9 Å². The molecule has 0 unspecified atom stereocenters. The first-order chi connectivity index (χ1) is 16.5. The second kappa shape index (κ2) is 10.0. The van der Waals surface area contributed by atoms with Crippen molar-refractivity contribution in [1.29, 1.82) is 0 Å². The van der Waals surface area contributed by atoms with Gasteiger partial charge in [-0.2, -0.15) is 0 Å². The van der Waals surface area contributed by atoms with E-state index >= 15 is 0 Å². The second-order valence-electron chi connectivity index (χ2n) is 7.63. The van der Waals surface area contributed by atoms with Crippen LogP contribution in [0.4, 0.5) is 10.1 Å². The normalized spacial score (nSPS) is 15.4. The third-order valence-corrected chi connectivity index (χ3v) is 5.78. The van der Waals surface area contributed by atoms with E-state index in [1.807, 2.05) is 18.2 Å². The van der Waals surface area contributed by atoms with Gasteiger partial charge in [0.2, 0.25) is 0 Å². The summed E-state index contributed by atoms with van der Waals surface area (Å²) in [4.78, 5) is 14.7. The van der Waals surface area contributed by atoms with Crippen LogP contribution in [0.2, 0.25) is 0 Å². The van der Waals surface area contributed by atoms with Crippen molar-refractivity contribution in [2.45, 2.75) is 12.6 Å². The number of para-hydroxylation sites is 1. The van der Waals surface area contributed by atoms with Gasteiger partial charge in [-0.25, -0.2) is 4.39 Å². The van der Waals surface area contributed by atoms with Gasteiger partial charge in [-0.15, -0.1) is 0 Å². The molecule has 1 heterocycles. The van der Waals surface area contributed by atoms with Crippen LogP contribution in [0.1, 0.15) is 22.8 Å². The highest BCUT2D eigenvalue weighted by Crippen LogP contribution is 2.43. The molecule has 0 saturated heterocycles. The summed E-state index contributed by atoms with van der Waals surface area (Å²) in [5.74, 6) is 1.43. The lowest BCUT2D eigenvalue weighted by Crippen LogP contribution is -2.32. The molecule has 178 valence electrons. The van der Waals surface area contributed by atoms with Crippen molar-refractivity contribution < 1.29 is 32.9 Å². The number of hydrogen-bond donors (Lipinski definition) is 0. The van der Waals surface area contributed by atoms with E-state index in [1.165, 1.54) is 24.1 Å². The Kier molecular flexibility index (Phi) is 6.88. The molecule has 0 aromatic heterocycles. The van der Waals surface area contributed by atoms with E-state index in [1.54, 1.807) is 45.6 Å². The van der Waals surface area contributed by atoms with Crippen LogP contribution in [-0.4, -0.2) is 41.0 Å². The number of hydrogen-bond acceptors (Lipinski definition) is 6. The Balaban J connectivity index is 1.82. The van der Waals surface area contributed by atoms with Crippen molar-refractivity contribution in [3.8, 4) is 23.0 Å². The van der Waals surface area contributed by atoms with E-state index in [9.17, 15) is 9.18 Å².